The molecule has 0 bridgehead atoms. The summed E-state index contributed by atoms with van der Waals surface area (Å²) in [5, 5.41) is 12.5. The van der Waals surface area contributed by atoms with E-state index in [1.807, 2.05) is 49.6 Å². The number of hydrogen-bond acceptors (Lipinski definition) is 5. The Kier molecular flexibility index (Phi) is 14.6. The average Bonchev–Trinajstić information content (AvgIpc) is 2.93. The number of carboxylic acid groups (broad SMARTS) is 1. The van der Waals surface area contributed by atoms with Gasteiger partial charge in [0, 0.05) is 18.2 Å². The van der Waals surface area contributed by atoms with E-state index in [9.17, 15) is 14.7 Å². The molecule has 0 unspecified atom stereocenters. The normalized spacial score (nSPS) is 15.6. The molecule has 1 amide bonds. The predicted octanol–water partition coefficient (Wildman–Crippen LogP) is 7.82. The number of rotatable bonds is 14. The van der Waals surface area contributed by atoms with Crippen LogP contribution in [0.25, 0.3) is 11.1 Å². The van der Waals surface area contributed by atoms with Crippen molar-refractivity contribution in [2.45, 2.75) is 104 Å². The van der Waals surface area contributed by atoms with Gasteiger partial charge >= 0.3 is 5.97 Å². The van der Waals surface area contributed by atoms with Crippen molar-refractivity contribution in [3.63, 3.8) is 0 Å². The van der Waals surface area contributed by atoms with E-state index in [1.165, 1.54) is 32.1 Å². The molecule has 1 aliphatic carbocycles. The highest BCUT2D eigenvalue weighted by Gasteiger charge is 2.26. The molecule has 2 aromatic rings. The molecule has 2 N–H and O–H groups in total. The van der Waals surface area contributed by atoms with Crippen LogP contribution in [0.1, 0.15) is 94.6 Å². The van der Waals surface area contributed by atoms with Gasteiger partial charge in [0.2, 0.25) is 0 Å². The summed E-state index contributed by atoms with van der Waals surface area (Å²) >= 11 is 1.57. The monoisotopic (exact) mass is 598 g/mol. The summed E-state index contributed by atoms with van der Waals surface area (Å²) in [6, 6.07) is 13.4. The van der Waals surface area contributed by atoms with Gasteiger partial charge in [-0.05, 0) is 99.9 Å². The van der Waals surface area contributed by atoms with Crippen LogP contribution in [0.15, 0.2) is 42.5 Å². The first-order valence-corrected chi connectivity index (χ1v) is 16.4. The zero-order valence-corrected chi connectivity index (χ0v) is 26.7. The lowest BCUT2D eigenvalue weighted by atomic mass is 9.84. The van der Waals surface area contributed by atoms with Crippen molar-refractivity contribution in [1.29, 1.82) is 0 Å². The Morgan fingerprint density at radius 1 is 1.10 bits per heavy atom. The fourth-order valence-electron chi connectivity index (χ4n) is 5.66. The number of likely N-dealkylation sites (N-methyl/N-ethyl adjacent to an activating group) is 1. The van der Waals surface area contributed by atoms with Crippen molar-refractivity contribution in [3.05, 3.63) is 59.2 Å². The number of thioether (sulfide) groups is 1. The predicted molar refractivity (Wildman–Crippen MR) is 177 cm³/mol. The third-order valence-electron chi connectivity index (χ3n) is 8.07. The van der Waals surface area contributed by atoms with Gasteiger partial charge in [-0.1, -0.05) is 69.9 Å². The van der Waals surface area contributed by atoms with Crippen molar-refractivity contribution in [3.8, 4) is 11.1 Å². The Bertz CT molecular complexity index is 1140. The van der Waals surface area contributed by atoms with Gasteiger partial charge in [-0.2, -0.15) is 11.8 Å². The topological polar surface area (TPSA) is 78.9 Å². The lowest BCUT2D eigenvalue weighted by molar-refractivity contribution is -0.139. The van der Waals surface area contributed by atoms with Gasteiger partial charge in [0.05, 0.1) is 12.2 Å². The van der Waals surface area contributed by atoms with Crippen molar-refractivity contribution in [2.75, 3.05) is 25.7 Å². The molecule has 0 spiro atoms. The number of ether oxygens (including phenoxy) is 1. The molecule has 1 fully saturated rings. The van der Waals surface area contributed by atoms with E-state index in [0.717, 1.165) is 41.1 Å². The number of hydrogen-bond donors (Lipinski definition) is 2. The van der Waals surface area contributed by atoms with E-state index in [-0.39, 0.29) is 18.9 Å². The van der Waals surface area contributed by atoms with Gasteiger partial charge in [-0.3, -0.25) is 9.69 Å². The summed E-state index contributed by atoms with van der Waals surface area (Å²) in [7, 11) is 2.18. The Balaban J connectivity index is 0.00000616. The molecule has 0 aromatic heterocycles. The Morgan fingerprint density at radius 2 is 1.79 bits per heavy atom. The first kappa shape index (κ1) is 35.8. The lowest BCUT2D eigenvalue weighted by Crippen LogP contribution is -2.41. The van der Waals surface area contributed by atoms with Crippen LogP contribution in [-0.2, 0) is 16.1 Å². The number of amides is 1. The molecule has 0 radical (unpaired) electrons. The molecule has 0 saturated heterocycles. The first-order chi connectivity index (χ1) is 19.5. The van der Waals surface area contributed by atoms with Gasteiger partial charge in [0.1, 0.15) is 6.04 Å². The quantitative estimate of drug-likeness (QED) is 0.231. The highest BCUT2D eigenvalue weighted by molar-refractivity contribution is 7.98. The molecule has 3 rings (SSSR count). The second kappa shape index (κ2) is 17.1. The third-order valence-corrected chi connectivity index (χ3v) is 8.72. The molecular weight excluding hydrogens is 544 g/mol. The van der Waals surface area contributed by atoms with Crippen molar-refractivity contribution in [2.24, 2.45) is 5.92 Å². The van der Waals surface area contributed by atoms with Gasteiger partial charge in [-0.15, -0.1) is 0 Å². The summed E-state index contributed by atoms with van der Waals surface area (Å²) in [5.41, 5.74) is 4.29. The summed E-state index contributed by atoms with van der Waals surface area (Å²) in [6.45, 7) is 9.79. The van der Waals surface area contributed by atoms with Crippen molar-refractivity contribution in [1.82, 2.24) is 10.2 Å². The van der Waals surface area contributed by atoms with Crippen LogP contribution in [0.4, 0.5) is 0 Å². The number of nitrogens with zero attached hydrogens (tertiary/aromatic N) is 1. The smallest absolute Gasteiger partial charge is 0.326 e. The lowest BCUT2D eigenvalue weighted by Gasteiger charge is -2.34. The molecule has 1 saturated carbocycles. The van der Waals surface area contributed by atoms with E-state index < -0.39 is 12.0 Å². The molecule has 42 heavy (non-hydrogen) atoms. The average molecular weight is 599 g/mol. The Hall–Kier alpha value is -2.35. The van der Waals surface area contributed by atoms with Crippen LogP contribution >= 0.6 is 11.8 Å². The maximum absolute atomic E-state index is 13.5. The highest BCUT2D eigenvalue weighted by atomic mass is 32.2. The zero-order chi connectivity index (χ0) is 30.0. The summed E-state index contributed by atoms with van der Waals surface area (Å²) < 4.78 is 6.29. The minimum atomic E-state index is -1.01. The Labute approximate surface area is 259 Å². The third kappa shape index (κ3) is 11.1. The van der Waals surface area contributed by atoms with Crippen LogP contribution in [0.5, 0.6) is 0 Å². The number of aliphatic carboxylic acids is 1. The number of carboxylic acids is 1. The van der Waals surface area contributed by atoms with Gasteiger partial charge < -0.3 is 15.2 Å². The fraction of sp³-hybridized carbons (Fsp3) is 0.600. The SMILES string of the molecule is C.CSCC[C@H](NC(=O)c1ccc(CN(C)[C@@H](COC(C)(C)C)CC2CCCCC2)cc1-c1ccccc1C)C(=O)O. The second-order valence-electron chi connectivity index (χ2n) is 12.6. The van der Waals surface area contributed by atoms with Crippen molar-refractivity contribution < 1.29 is 19.4 Å². The van der Waals surface area contributed by atoms with E-state index in [2.05, 4.69) is 44.1 Å². The van der Waals surface area contributed by atoms with E-state index in [1.54, 1.807) is 11.8 Å². The molecule has 234 valence electrons. The van der Waals surface area contributed by atoms with Gasteiger partial charge in [-0.25, -0.2) is 4.79 Å². The standard InChI is InChI=1S/C34H50N2O4S.CH4/c1-24-12-10-11-15-28(24)30-21-26(16-17-29(30)32(37)35-31(33(38)39)18-19-41-6)22-36(5)27(23-40-34(2,3)4)20-25-13-8-7-9-14-25;/h10-12,15-17,21,25,27,31H,7-9,13-14,18-20,22-23H2,1-6H3,(H,35,37)(H,38,39);1H4/t27-,31+;/m1./s1. The number of benzene rings is 2. The van der Waals surface area contributed by atoms with Crippen LogP contribution in [0.2, 0.25) is 0 Å². The highest BCUT2D eigenvalue weighted by Crippen LogP contribution is 2.31. The largest absolute Gasteiger partial charge is 0.480 e. The molecule has 2 atom stereocenters. The van der Waals surface area contributed by atoms with Crippen LogP contribution in [-0.4, -0.2) is 65.2 Å². The summed E-state index contributed by atoms with van der Waals surface area (Å²) in [6.07, 6.45) is 10.0. The molecular formula is C35H54N2O4S. The maximum Gasteiger partial charge on any atom is 0.326 e. The molecule has 0 heterocycles. The molecule has 0 aliphatic heterocycles. The van der Waals surface area contributed by atoms with Gasteiger partial charge in [0.25, 0.3) is 5.91 Å². The molecule has 7 heteroatoms. The van der Waals surface area contributed by atoms with Crippen LogP contribution < -0.4 is 5.32 Å². The van der Waals surface area contributed by atoms with Crippen LogP contribution in [0.3, 0.4) is 0 Å². The minimum absolute atomic E-state index is 0. The van der Waals surface area contributed by atoms with E-state index in [0.29, 0.717) is 30.4 Å². The molecule has 1 aliphatic rings. The molecule has 2 aromatic carbocycles. The second-order valence-corrected chi connectivity index (χ2v) is 13.6. The number of carbonyl (C=O) groups is 2. The first-order valence-electron chi connectivity index (χ1n) is 15.0. The fourth-order valence-corrected chi connectivity index (χ4v) is 6.13. The molecule has 6 nitrogen and oxygen atoms in total. The summed E-state index contributed by atoms with van der Waals surface area (Å²) in [4.78, 5) is 27.7. The van der Waals surface area contributed by atoms with Gasteiger partial charge in [0.15, 0.2) is 0 Å². The zero-order valence-electron chi connectivity index (χ0n) is 25.9. The number of aryl methyl sites for hydroxylation is 1. The van der Waals surface area contributed by atoms with E-state index in [4.69, 9.17) is 4.74 Å². The van der Waals surface area contributed by atoms with Crippen molar-refractivity contribution >= 4 is 23.6 Å². The van der Waals surface area contributed by atoms with Crippen LogP contribution in [0, 0.1) is 12.8 Å². The van der Waals surface area contributed by atoms with E-state index >= 15 is 0 Å². The number of carbonyl (C=O) groups excluding carboxylic acids is 1. The Morgan fingerprint density at radius 3 is 2.40 bits per heavy atom. The minimum Gasteiger partial charge on any atom is -0.480 e. The summed E-state index contributed by atoms with van der Waals surface area (Å²) in [5.74, 6) is 0.0327. The maximum atomic E-state index is 13.5. The number of nitrogens with one attached hydrogen (secondary N) is 1.